The molecule has 0 spiro atoms. The number of hydrogen-bond donors (Lipinski definition) is 0. The van der Waals surface area contributed by atoms with Gasteiger partial charge in [-0.25, -0.2) is 0 Å². The van der Waals surface area contributed by atoms with Crippen LogP contribution in [-0.2, 0) is 40.4 Å². The van der Waals surface area contributed by atoms with Crippen molar-refractivity contribution in [1.29, 1.82) is 0 Å². The smallest absolute Gasteiger partial charge is 0.418 e. The second-order valence-electron chi connectivity index (χ2n) is 6.76. The van der Waals surface area contributed by atoms with E-state index in [0.29, 0.717) is 4.68 Å². The van der Waals surface area contributed by atoms with Gasteiger partial charge in [-0.15, -0.1) is 5.10 Å². The number of hydrogen-bond acceptors (Lipinski definition) is 13. The van der Waals surface area contributed by atoms with Crippen molar-refractivity contribution < 1.29 is 38.3 Å². The monoisotopic (exact) mass is 454 g/mol. The van der Waals surface area contributed by atoms with Crippen molar-refractivity contribution in [1.82, 2.24) is 24.8 Å². The van der Waals surface area contributed by atoms with E-state index in [2.05, 4.69) is 15.4 Å². The molecule has 1 aliphatic rings. The molecule has 172 valence electrons. The molecule has 0 aromatic carbocycles. The Labute approximate surface area is 178 Å². The summed E-state index contributed by atoms with van der Waals surface area (Å²) in [7, 11) is 1.30. The molecule has 3 rings (SSSR count). The van der Waals surface area contributed by atoms with E-state index in [-0.39, 0.29) is 17.6 Å². The Kier molecular flexibility index (Phi) is 6.15. The van der Waals surface area contributed by atoms with Gasteiger partial charge in [0.25, 0.3) is 0 Å². The Morgan fingerprint density at radius 1 is 1.12 bits per heavy atom. The van der Waals surface area contributed by atoms with Crippen LogP contribution in [0.3, 0.4) is 0 Å². The van der Waals surface area contributed by atoms with Crippen molar-refractivity contribution in [2.45, 2.75) is 45.3 Å². The van der Waals surface area contributed by atoms with Crippen LogP contribution in [0.15, 0.2) is 4.79 Å². The summed E-state index contributed by atoms with van der Waals surface area (Å²) in [6.45, 7) is 2.95. The van der Waals surface area contributed by atoms with Crippen LogP contribution in [0.1, 0.15) is 27.0 Å². The quantitative estimate of drug-likeness (QED) is 0.217. The van der Waals surface area contributed by atoms with E-state index in [1.54, 1.807) is 0 Å². The SMILES string of the molecule is CC(=O)OCC1OC(n2nnc3c([N+](=O)[O-])nn(C)c3c2=O)C(OC(C)=O)C1OC(C)=O. The van der Waals surface area contributed by atoms with Gasteiger partial charge in [-0.1, -0.05) is 5.21 Å². The average molecular weight is 454 g/mol. The number of nitrogens with zero attached hydrogens (tertiary/aromatic N) is 6. The molecule has 16 nitrogen and oxygen atoms in total. The van der Waals surface area contributed by atoms with Crippen molar-refractivity contribution >= 4 is 34.8 Å². The number of fused-ring (bicyclic) bond motifs is 1. The van der Waals surface area contributed by atoms with Crippen molar-refractivity contribution in [3.8, 4) is 0 Å². The Balaban J connectivity index is 2.10. The van der Waals surface area contributed by atoms with Gasteiger partial charge >= 0.3 is 29.3 Å². The summed E-state index contributed by atoms with van der Waals surface area (Å²) in [5.41, 5.74) is -1.51. The number of carbonyl (C=O) groups excluding carboxylic acids is 3. The number of ether oxygens (including phenoxy) is 4. The lowest BCUT2D eigenvalue weighted by molar-refractivity contribution is -0.388. The van der Waals surface area contributed by atoms with Gasteiger partial charge in [-0.2, -0.15) is 9.36 Å². The first-order chi connectivity index (χ1) is 15.0. The fourth-order valence-corrected chi connectivity index (χ4v) is 3.25. The van der Waals surface area contributed by atoms with Crippen LogP contribution in [0.25, 0.3) is 11.0 Å². The molecule has 2 aromatic heterocycles. The Morgan fingerprint density at radius 3 is 2.31 bits per heavy atom. The molecule has 1 saturated heterocycles. The molecular formula is C16H18N6O10. The van der Waals surface area contributed by atoms with Gasteiger partial charge < -0.3 is 29.1 Å². The fraction of sp³-hybridized carbons (Fsp3) is 0.562. The second-order valence-corrected chi connectivity index (χ2v) is 6.76. The van der Waals surface area contributed by atoms with E-state index in [4.69, 9.17) is 18.9 Å². The van der Waals surface area contributed by atoms with Gasteiger partial charge in [-0.05, 0) is 4.92 Å². The third-order valence-corrected chi connectivity index (χ3v) is 4.41. The van der Waals surface area contributed by atoms with E-state index in [1.807, 2.05) is 0 Å². The van der Waals surface area contributed by atoms with Gasteiger partial charge in [0.05, 0.1) is 12.1 Å². The molecule has 0 amide bonds. The fourth-order valence-electron chi connectivity index (χ4n) is 3.25. The topological polar surface area (TPSA) is 197 Å². The lowest BCUT2D eigenvalue weighted by atomic mass is 10.1. The zero-order valence-corrected chi connectivity index (χ0v) is 17.3. The third-order valence-electron chi connectivity index (χ3n) is 4.41. The third kappa shape index (κ3) is 4.25. The number of aromatic nitrogens is 5. The number of nitro groups is 1. The Bertz CT molecular complexity index is 1160. The van der Waals surface area contributed by atoms with Gasteiger partial charge in [0.1, 0.15) is 12.7 Å². The normalized spacial score (nSPS) is 22.5. The maximum absolute atomic E-state index is 13.1. The van der Waals surface area contributed by atoms with E-state index in [0.717, 1.165) is 25.5 Å². The molecular weight excluding hydrogens is 436 g/mol. The molecule has 4 unspecified atom stereocenters. The van der Waals surface area contributed by atoms with Crippen LogP contribution >= 0.6 is 0 Å². The molecule has 0 N–H and O–H groups in total. The van der Waals surface area contributed by atoms with Gasteiger partial charge in [0.15, 0.2) is 24.0 Å². The number of esters is 3. The molecule has 3 heterocycles. The standard InChI is InChI=1S/C16H18N6O10/c1-6(23)29-5-9-12(30-7(2)24)13(31-8(3)25)16(32-9)21-15(26)11-10(17-19-21)14(22(27)28)18-20(11)4/h9,12-13,16H,5H2,1-4H3. The predicted molar refractivity (Wildman–Crippen MR) is 98.9 cm³/mol. The first-order valence-corrected chi connectivity index (χ1v) is 9.11. The molecule has 16 heteroatoms. The van der Waals surface area contributed by atoms with Gasteiger partial charge in [0, 0.05) is 20.8 Å². The summed E-state index contributed by atoms with van der Waals surface area (Å²) in [5.74, 6) is -2.86. The highest BCUT2D eigenvalue weighted by Gasteiger charge is 2.51. The molecule has 0 saturated carbocycles. The highest BCUT2D eigenvalue weighted by molar-refractivity contribution is 5.81. The minimum absolute atomic E-state index is 0.260. The molecule has 4 atom stereocenters. The van der Waals surface area contributed by atoms with Crippen molar-refractivity contribution in [3.05, 3.63) is 20.5 Å². The Morgan fingerprint density at radius 2 is 1.75 bits per heavy atom. The van der Waals surface area contributed by atoms with Gasteiger partial charge in [-0.3, -0.25) is 19.2 Å². The van der Waals surface area contributed by atoms with Crippen LogP contribution in [0, 0.1) is 10.1 Å². The number of carbonyl (C=O) groups is 3. The predicted octanol–water partition coefficient (Wildman–Crippen LogP) is -1.24. The molecule has 0 radical (unpaired) electrons. The maximum Gasteiger partial charge on any atom is 0.418 e. The van der Waals surface area contributed by atoms with Crippen LogP contribution in [0.5, 0.6) is 0 Å². The van der Waals surface area contributed by atoms with Crippen molar-refractivity contribution in [2.75, 3.05) is 6.61 Å². The highest BCUT2D eigenvalue weighted by Crippen LogP contribution is 2.33. The maximum atomic E-state index is 13.1. The largest absolute Gasteiger partial charge is 0.463 e. The summed E-state index contributed by atoms with van der Waals surface area (Å²) >= 11 is 0. The zero-order chi connectivity index (χ0) is 23.7. The summed E-state index contributed by atoms with van der Waals surface area (Å²) in [6, 6.07) is 0. The summed E-state index contributed by atoms with van der Waals surface area (Å²) < 4.78 is 22.7. The summed E-state index contributed by atoms with van der Waals surface area (Å²) in [4.78, 5) is 57.9. The number of rotatable bonds is 6. The minimum atomic E-state index is -1.46. The average Bonchev–Trinajstić information content (AvgIpc) is 3.18. The van der Waals surface area contributed by atoms with Crippen molar-refractivity contribution in [3.63, 3.8) is 0 Å². The Hall–Kier alpha value is -3.95. The lowest BCUT2D eigenvalue weighted by Crippen LogP contribution is -2.42. The highest BCUT2D eigenvalue weighted by atomic mass is 16.7. The second kappa shape index (κ2) is 8.66. The lowest BCUT2D eigenvalue weighted by Gasteiger charge is -2.23. The first kappa shape index (κ1) is 22.7. The molecule has 2 aromatic rings. The van der Waals surface area contributed by atoms with Crippen LogP contribution in [0.4, 0.5) is 5.82 Å². The summed E-state index contributed by atoms with van der Waals surface area (Å²) in [6.07, 6.45) is -5.21. The van der Waals surface area contributed by atoms with Crippen LogP contribution in [-0.4, -0.2) is 72.5 Å². The summed E-state index contributed by atoms with van der Waals surface area (Å²) in [5, 5.41) is 22.2. The first-order valence-electron chi connectivity index (χ1n) is 9.11. The van der Waals surface area contributed by atoms with Crippen molar-refractivity contribution in [2.24, 2.45) is 7.05 Å². The van der Waals surface area contributed by atoms with Crippen LogP contribution in [0.2, 0.25) is 0 Å². The van der Waals surface area contributed by atoms with Gasteiger partial charge in [0.2, 0.25) is 5.52 Å². The molecule has 0 bridgehead atoms. The van der Waals surface area contributed by atoms with E-state index >= 15 is 0 Å². The number of aryl methyl sites for hydroxylation is 1. The van der Waals surface area contributed by atoms with E-state index in [9.17, 15) is 29.3 Å². The molecule has 1 aliphatic heterocycles. The minimum Gasteiger partial charge on any atom is -0.463 e. The molecule has 32 heavy (non-hydrogen) atoms. The zero-order valence-electron chi connectivity index (χ0n) is 17.3. The molecule has 1 fully saturated rings. The van der Waals surface area contributed by atoms with E-state index in [1.165, 1.54) is 7.05 Å². The van der Waals surface area contributed by atoms with Crippen LogP contribution < -0.4 is 5.56 Å². The molecule has 0 aliphatic carbocycles. The van der Waals surface area contributed by atoms with E-state index < -0.39 is 58.7 Å².